The number of nitrogens with one attached hydrogen (secondary N) is 1. The maximum absolute atomic E-state index is 12.1. The molecule has 1 saturated heterocycles. The van der Waals surface area contributed by atoms with Crippen LogP contribution in [0.4, 0.5) is 0 Å². The molecule has 1 rings (SSSR count). The lowest BCUT2D eigenvalue weighted by atomic mass is 10.1. The van der Waals surface area contributed by atoms with Crippen LogP contribution >= 0.6 is 0 Å². The van der Waals surface area contributed by atoms with Crippen molar-refractivity contribution in [2.45, 2.75) is 32.5 Å². The third kappa shape index (κ3) is 4.08. The molecule has 94 valence electrons. The van der Waals surface area contributed by atoms with Crippen LogP contribution in [0.25, 0.3) is 0 Å². The van der Waals surface area contributed by atoms with Crippen molar-refractivity contribution in [1.82, 2.24) is 10.2 Å². The third-order valence-electron chi connectivity index (χ3n) is 2.47. The van der Waals surface area contributed by atoms with Crippen molar-refractivity contribution in [3.8, 4) is 0 Å². The number of nitrogens with zero attached hydrogens (tertiary/aromatic N) is 1. The molecule has 0 radical (unpaired) electrons. The van der Waals surface area contributed by atoms with Crippen LogP contribution in [-0.4, -0.2) is 60.4 Å². The number of hydrogen-bond acceptors (Lipinski definition) is 4. The van der Waals surface area contributed by atoms with E-state index in [1.807, 2.05) is 6.92 Å². The van der Waals surface area contributed by atoms with Gasteiger partial charge in [0.15, 0.2) is 0 Å². The number of rotatable bonds is 4. The van der Waals surface area contributed by atoms with Crippen molar-refractivity contribution < 1.29 is 14.6 Å². The summed E-state index contributed by atoms with van der Waals surface area (Å²) in [5.41, 5.74) is -0.867. The molecule has 0 aromatic heterocycles. The van der Waals surface area contributed by atoms with E-state index in [0.29, 0.717) is 26.2 Å². The van der Waals surface area contributed by atoms with Crippen molar-refractivity contribution in [1.29, 1.82) is 0 Å². The van der Waals surface area contributed by atoms with Gasteiger partial charge in [-0.3, -0.25) is 4.79 Å². The second-order valence-corrected chi connectivity index (χ2v) is 4.73. The molecule has 0 aliphatic carbocycles. The van der Waals surface area contributed by atoms with Gasteiger partial charge in [0.05, 0.1) is 12.2 Å². The van der Waals surface area contributed by atoms with Gasteiger partial charge in [0.1, 0.15) is 6.10 Å². The smallest absolute Gasteiger partial charge is 0.253 e. The van der Waals surface area contributed by atoms with Crippen LogP contribution in [0, 0.1) is 0 Å². The van der Waals surface area contributed by atoms with Crippen LogP contribution in [-0.2, 0) is 9.53 Å². The van der Waals surface area contributed by atoms with Gasteiger partial charge >= 0.3 is 0 Å². The number of likely N-dealkylation sites (N-methyl/N-ethyl adjacent to an activating group) is 1. The van der Waals surface area contributed by atoms with E-state index in [9.17, 15) is 9.90 Å². The first kappa shape index (κ1) is 13.4. The van der Waals surface area contributed by atoms with Crippen LogP contribution in [0.2, 0.25) is 0 Å². The largest absolute Gasteiger partial charge is 0.389 e. The monoisotopic (exact) mass is 230 g/mol. The summed E-state index contributed by atoms with van der Waals surface area (Å²) in [4.78, 5) is 13.7. The second kappa shape index (κ2) is 5.61. The molecular formula is C11H22N2O3. The predicted octanol–water partition coefficient (Wildman–Crippen LogP) is -0.406. The first-order valence-corrected chi connectivity index (χ1v) is 5.77. The van der Waals surface area contributed by atoms with E-state index in [2.05, 4.69) is 5.32 Å². The number of morpholine rings is 1. The minimum absolute atomic E-state index is 0.0446. The molecule has 16 heavy (non-hydrogen) atoms. The molecule has 2 N–H and O–H groups in total. The molecule has 5 heteroatoms. The van der Waals surface area contributed by atoms with Crippen molar-refractivity contribution in [2.75, 3.05) is 32.8 Å². The van der Waals surface area contributed by atoms with E-state index in [4.69, 9.17) is 4.74 Å². The lowest BCUT2D eigenvalue weighted by molar-refractivity contribution is -0.147. The Balaban J connectivity index is 2.54. The highest BCUT2D eigenvalue weighted by atomic mass is 16.5. The summed E-state index contributed by atoms with van der Waals surface area (Å²) in [5.74, 6) is -0.0446. The average molecular weight is 230 g/mol. The van der Waals surface area contributed by atoms with Crippen LogP contribution < -0.4 is 5.32 Å². The zero-order valence-corrected chi connectivity index (χ0v) is 10.3. The van der Waals surface area contributed by atoms with Gasteiger partial charge in [-0.2, -0.15) is 0 Å². The molecule has 0 bridgehead atoms. The molecule has 1 aliphatic heterocycles. The van der Waals surface area contributed by atoms with Gasteiger partial charge in [-0.15, -0.1) is 0 Å². The zero-order valence-electron chi connectivity index (χ0n) is 10.3. The Bertz CT molecular complexity index is 232. The SMILES string of the molecule is CCN(CC(C)(C)O)C(=O)C1CNCCO1. The van der Waals surface area contributed by atoms with E-state index >= 15 is 0 Å². The Labute approximate surface area is 96.8 Å². The molecule has 0 aromatic rings. The van der Waals surface area contributed by atoms with E-state index < -0.39 is 11.7 Å². The fraction of sp³-hybridized carbons (Fsp3) is 0.909. The molecule has 1 atom stereocenters. The first-order chi connectivity index (χ1) is 7.44. The van der Waals surface area contributed by atoms with E-state index in [0.717, 1.165) is 6.54 Å². The molecule has 1 heterocycles. The molecule has 0 spiro atoms. The second-order valence-electron chi connectivity index (χ2n) is 4.73. The molecule has 1 amide bonds. The Kier molecular flexibility index (Phi) is 4.70. The highest BCUT2D eigenvalue weighted by molar-refractivity contribution is 5.81. The van der Waals surface area contributed by atoms with Gasteiger partial charge in [0.25, 0.3) is 5.91 Å². The number of carbonyl (C=O) groups excluding carboxylic acids is 1. The van der Waals surface area contributed by atoms with E-state index in [1.54, 1.807) is 18.7 Å². The van der Waals surface area contributed by atoms with Crippen molar-refractivity contribution in [3.63, 3.8) is 0 Å². The van der Waals surface area contributed by atoms with Crippen LogP contribution in [0.15, 0.2) is 0 Å². The number of ether oxygens (including phenoxy) is 1. The lowest BCUT2D eigenvalue weighted by Crippen LogP contribution is -2.52. The third-order valence-corrected chi connectivity index (χ3v) is 2.47. The van der Waals surface area contributed by atoms with Gasteiger partial charge in [-0.25, -0.2) is 0 Å². The summed E-state index contributed by atoms with van der Waals surface area (Å²) in [6, 6.07) is 0. The lowest BCUT2D eigenvalue weighted by Gasteiger charge is -2.32. The molecule has 1 unspecified atom stereocenters. The Hall–Kier alpha value is -0.650. The summed E-state index contributed by atoms with van der Waals surface area (Å²) in [7, 11) is 0. The van der Waals surface area contributed by atoms with Gasteiger partial charge in [-0.1, -0.05) is 0 Å². The van der Waals surface area contributed by atoms with Crippen molar-refractivity contribution in [3.05, 3.63) is 0 Å². The van der Waals surface area contributed by atoms with Gasteiger partial charge in [0.2, 0.25) is 0 Å². The van der Waals surface area contributed by atoms with Crippen LogP contribution in [0.3, 0.4) is 0 Å². The maximum atomic E-state index is 12.1. The van der Waals surface area contributed by atoms with Gasteiger partial charge in [-0.05, 0) is 20.8 Å². The normalized spacial score (nSPS) is 21.9. The molecule has 0 aromatic carbocycles. The minimum Gasteiger partial charge on any atom is -0.389 e. The maximum Gasteiger partial charge on any atom is 0.253 e. The molecule has 5 nitrogen and oxygen atoms in total. The molecule has 0 saturated carbocycles. The van der Waals surface area contributed by atoms with Gasteiger partial charge in [0, 0.05) is 26.2 Å². The van der Waals surface area contributed by atoms with Crippen LogP contribution in [0.1, 0.15) is 20.8 Å². The van der Waals surface area contributed by atoms with E-state index in [1.165, 1.54) is 0 Å². The highest BCUT2D eigenvalue weighted by Gasteiger charge is 2.28. The quantitative estimate of drug-likeness (QED) is 0.689. The number of aliphatic hydroxyl groups is 1. The van der Waals surface area contributed by atoms with Crippen LogP contribution in [0.5, 0.6) is 0 Å². The minimum atomic E-state index is -0.867. The highest BCUT2D eigenvalue weighted by Crippen LogP contribution is 2.08. The molecule has 1 fully saturated rings. The first-order valence-electron chi connectivity index (χ1n) is 5.77. The summed E-state index contributed by atoms with van der Waals surface area (Å²) >= 11 is 0. The molecular weight excluding hydrogens is 208 g/mol. The summed E-state index contributed by atoms with van der Waals surface area (Å²) < 4.78 is 5.40. The topological polar surface area (TPSA) is 61.8 Å². The Morgan fingerprint density at radius 3 is 2.75 bits per heavy atom. The average Bonchev–Trinajstić information content (AvgIpc) is 2.25. The van der Waals surface area contributed by atoms with Crippen molar-refractivity contribution >= 4 is 5.91 Å². The standard InChI is InChI=1S/C11H22N2O3/c1-4-13(8-11(2,3)15)10(14)9-7-12-5-6-16-9/h9,12,15H,4-8H2,1-3H3. The van der Waals surface area contributed by atoms with Gasteiger partial charge < -0.3 is 20.1 Å². The predicted molar refractivity (Wildman–Crippen MR) is 61.2 cm³/mol. The summed E-state index contributed by atoms with van der Waals surface area (Å²) in [5, 5.41) is 12.8. The summed E-state index contributed by atoms with van der Waals surface area (Å²) in [6.07, 6.45) is -0.406. The Morgan fingerprint density at radius 1 is 1.62 bits per heavy atom. The zero-order chi connectivity index (χ0) is 12.2. The molecule has 1 aliphatic rings. The van der Waals surface area contributed by atoms with E-state index in [-0.39, 0.29) is 5.91 Å². The Morgan fingerprint density at radius 2 is 2.31 bits per heavy atom. The summed E-state index contributed by atoms with van der Waals surface area (Å²) in [6.45, 7) is 8.13. The number of carbonyl (C=O) groups is 1. The number of amides is 1. The fourth-order valence-corrected chi connectivity index (χ4v) is 1.74. The fourth-order valence-electron chi connectivity index (χ4n) is 1.74. The number of hydrogen-bond donors (Lipinski definition) is 2. The van der Waals surface area contributed by atoms with Crippen molar-refractivity contribution in [2.24, 2.45) is 0 Å².